The first-order chi connectivity index (χ1) is 37.5. The zero-order valence-corrected chi connectivity index (χ0v) is 51.0. The van der Waals surface area contributed by atoms with Crippen LogP contribution in [0.25, 0.3) is 0 Å². The van der Waals surface area contributed by atoms with Crippen LogP contribution in [0.2, 0.25) is 0 Å². The van der Waals surface area contributed by atoms with Crippen molar-refractivity contribution in [3.63, 3.8) is 0 Å². The number of esters is 1. The standard InChI is InChI=1S/C70H131NO5/c1-3-5-7-9-11-13-15-16-17-33-37-40-44-48-52-56-60-64-70(75)76-65-61-57-53-49-45-41-38-35-32-30-28-26-24-22-20-18-19-21-23-25-27-29-31-34-36-39-43-47-51-55-59-63-69(74)71-67(66-72)68(73)62-58-54-50-46-42-14-12-10-8-6-4-2/h16-17,20,22,26,28,58,62,67-68,72-73H,3-15,18-19,21,23-25,27,29-57,59-61,63-66H2,1-2H3,(H,71,74)/b17-16-,22-20-,28-26-,62-58+. The van der Waals surface area contributed by atoms with Crippen LogP contribution in [0.1, 0.15) is 361 Å². The third-order valence-corrected chi connectivity index (χ3v) is 15.6. The molecule has 2 atom stereocenters. The predicted molar refractivity (Wildman–Crippen MR) is 333 cm³/mol. The Morgan fingerprint density at radius 2 is 0.658 bits per heavy atom. The van der Waals surface area contributed by atoms with Gasteiger partial charge >= 0.3 is 5.97 Å². The van der Waals surface area contributed by atoms with Crippen LogP contribution < -0.4 is 5.32 Å². The minimum atomic E-state index is -0.843. The summed E-state index contributed by atoms with van der Waals surface area (Å²) in [6.45, 7) is 4.90. The average Bonchev–Trinajstić information content (AvgIpc) is 3.42. The number of hydrogen-bond donors (Lipinski definition) is 3. The molecule has 0 aromatic heterocycles. The second-order valence-electron chi connectivity index (χ2n) is 23.1. The molecule has 0 rings (SSSR count). The molecule has 3 N–H and O–H groups in total. The normalized spacial score (nSPS) is 12.8. The summed E-state index contributed by atoms with van der Waals surface area (Å²) < 4.78 is 5.49. The Morgan fingerprint density at radius 3 is 1.01 bits per heavy atom. The molecule has 0 aliphatic rings. The Hall–Kier alpha value is -2.18. The van der Waals surface area contributed by atoms with Crippen molar-refractivity contribution in [2.75, 3.05) is 13.2 Å². The van der Waals surface area contributed by atoms with Crippen molar-refractivity contribution < 1.29 is 24.5 Å². The Bertz CT molecular complexity index is 1270. The zero-order chi connectivity index (χ0) is 55.0. The lowest BCUT2D eigenvalue weighted by Gasteiger charge is -2.20. The van der Waals surface area contributed by atoms with Crippen LogP contribution in [0.4, 0.5) is 0 Å². The smallest absolute Gasteiger partial charge is 0.305 e. The van der Waals surface area contributed by atoms with Crippen molar-refractivity contribution in [1.82, 2.24) is 5.32 Å². The summed E-state index contributed by atoms with van der Waals surface area (Å²) in [6.07, 6.45) is 84.7. The van der Waals surface area contributed by atoms with E-state index in [0.29, 0.717) is 19.4 Å². The number of amides is 1. The second-order valence-corrected chi connectivity index (χ2v) is 23.1. The SMILES string of the molecule is CCCCCCCC/C=C\CCCCCCCCCC(=O)OCCCCCCCCCCC/C=C\C/C=C\CCCCCCCCCCCCCCCCCC(=O)NC(CO)C(O)/C=C/CCCCCCCCCCC. The molecule has 76 heavy (non-hydrogen) atoms. The molecule has 6 heteroatoms. The van der Waals surface area contributed by atoms with Crippen molar-refractivity contribution in [1.29, 1.82) is 0 Å². The lowest BCUT2D eigenvalue weighted by Crippen LogP contribution is -2.45. The van der Waals surface area contributed by atoms with Gasteiger partial charge in [0.25, 0.3) is 0 Å². The number of hydrogen-bond acceptors (Lipinski definition) is 5. The number of carbonyl (C=O) groups is 2. The summed E-state index contributed by atoms with van der Waals surface area (Å²) in [5.74, 6) is -0.0586. The first-order valence-corrected chi connectivity index (χ1v) is 33.9. The summed E-state index contributed by atoms with van der Waals surface area (Å²) in [6, 6.07) is -0.626. The highest BCUT2D eigenvalue weighted by Crippen LogP contribution is 2.17. The molecule has 0 radical (unpaired) electrons. The van der Waals surface area contributed by atoms with Gasteiger partial charge < -0.3 is 20.3 Å². The molecule has 446 valence electrons. The maximum absolute atomic E-state index is 12.4. The number of aliphatic hydroxyl groups is 2. The van der Waals surface area contributed by atoms with E-state index in [2.05, 4.69) is 55.6 Å². The van der Waals surface area contributed by atoms with Crippen LogP contribution in [-0.2, 0) is 14.3 Å². The summed E-state index contributed by atoms with van der Waals surface area (Å²) >= 11 is 0. The van der Waals surface area contributed by atoms with Crippen molar-refractivity contribution in [2.45, 2.75) is 373 Å². The first-order valence-electron chi connectivity index (χ1n) is 33.9. The van der Waals surface area contributed by atoms with E-state index in [-0.39, 0.29) is 18.5 Å². The first kappa shape index (κ1) is 73.8. The van der Waals surface area contributed by atoms with Crippen molar-refractivity contribution >= 4 is 11.9 Å². The van der Waals surface area contributed by atoms with Gasteiger partial charge in [-0.2, -0.15) is 0 Å². The van der Waals surface area contributed by atoms with Gasteiger partial charge in [-0.05, 0) is 89.9 Å². The monoisotopic (exact) mass is 1070 g/mol. The highest BCUT2D eigenvalue weighted by atomic mass is 16.5. The van der Waals surface area contributed by atoms with Gasteiger partial charge in [-0.1, -0.05) is 306 Å². The molecule has 0 spiro atoms. The molecule has 0 fully saturated rings. The van der Waals surface area contributed by atoms with Crippen LogP contribution in [0.5, 0.6) is 0 Å². The molecule has 0 aliphatic heterocycles. The topological polar surface area (TPSA) is 95.9 Å². The van der Waals surface area contributed by atoms with E-state index >= 15 is 0 Å². The molecular weight excluding hydrogens is 935 g/mol. The minimum absolute atomic E-state index is 0.00948. The van der Waals surface area contributed by atoms with Gasteiger partial charge in [0.2, 0.25) is 5.91 Å². The fourth-order valence-electron chi connectivity index (χ4n) is 10.4. The fraction of sp³-hybridized carbons (Fsp3) is 0.857. The van der Waals surface area contributed by atoms with Crippen LogP contribution in [0.15, 0.2) is 48.6 Å². The van der Waals surface area contributed by atoms with Crippen LogP contribution in [-0.4, -0.2) is 47.4 Å². The fourth-order valence-corrected chi connectivity index (χ4v) is 10.4. The molecule has 6 nitrogen and oxygen atoms in total. The second kappa shape index (κ2) is 65.3. The Balaban J connectivity index is 3.38. The number of rotatable bonds is 63. The highest BCUT2D eigenvalue weighted by Gasteiger charge is 2.18. The zero-order valence-electron chi connectivity index (χ0n) is 51.0. The number of unbranched alkanes of at least 4 members (excludes halogenated alkanes) is 46. The van der Waals surface area contributed by atoms with Crippen molar-refractivity contribution in [3.05, 3.63) is 48.6 Å². The van der Waals surface area contributed by atoms with E-state index in [1.807, 2.05) is 6.08 Å². The van der Waals surface area contributed by atoms with Gasteiger partial charge in [0, 0.05) is 12.8 Å². The van der Waals surface area contributed by atoms with E-state index in [0.717, 1.165) is 51.4 Å². The molecule has 0 bridgehead atoms. The Kier molecular flexibility index (Phi) is 63.5. The third-order valence-electron chi connectivity index (χ3n) is 15.6. The maximum Gasteiger partial charge on any atom is 0.305 e. The number of allylic oxidation sites excluding steroid dienone is 7. The van der Waals surface area contributed by atoms with Crippen LogP contribution in [0.3, 0.4) is 0 Å². The third kappa shape index (κ3) is 61.0. The van der Waals surface area contributed by atoms with Gasteiger partial charge in [-0.25, -0.2) is 0 Å². The molecule has 0 saturated carbocycles. The van der Waals surface area contributed by atoms with E-state index < -0.39 is 12.1 Å². The van der Waals surface area contributed by atoms with E-state index in [1.54, 1.807) is 6.08 Å². The number of aliphatic hydroxyl groups excluding tert-OH is 2. The Morgan fingerprint density at radius 1 is 0.368 bits per heavy atom. The molecule has 0 aliphatic carbocycles. The molecule has 0 heterocycles. The van der Waals surface area contributed by atoms with E-state index in [1.165, 1.54) is 283 Å². The van der Waals surface area contributed by atoms with Crippen molar-refractivity contribution in [3.8, 4) is 0 Å². The quantitative estimate of drug-likeness (QED) is 0.0320. The van der Waals surface area contributed by atoms with E-state index in [9.17, 15) is 19.8 Å². The van der Waals surface area contributed by atoms with Gasteiger partial charge in [-0.15, -0.1) is 0 Å². The van der Waals surface area contributed by atoms with Crippen LogP contribution in [0, 0.1) is 0 Å². The molecule has 0 aromatic rings. The highest BCUT2D eigenvalue weighted by molar-refractivity contribution is 5.76. The Labute approximate surface area is 474 Å². The summed E-state index contributed by atoms with van der Waals surface area (Å²) in [5.41, 5.74) is 0. The molecule has 2 unspecified atom stereocenters. The molecule has 0 saturated heterocycles. The molecule has 0 aromatic carbocycles. The lowest BCUT2D eigenvalue weighted by atomic mass is 10.0. The maximum atomic E-state index is 12.4. The largest absolute Gasteiger partial charge is 0.466 e. The van der Waals surface area contributed by atoms with Gasteiger partial charge in [-0.3, -0.25) is 9.59 Å². The lowest BCUT2D eigenvalue weighted by molar-refractivity contribution is -0.143. The number of carbonyl (C=O) groups excluding carboxylic acids is 2. The predicted octanol–water partition coefficient (Wildman–Crippen LogP) is 21.7. The summed E-state index contributed by atoms with van der Waals surface area (Å²) in [5, 5.41) is 23.0. The summed E-state index contributed by atoms with van der Waals surface area (Å²) in [7, 11) is 0. The van der Waals surface area contributed by atoms with Gasteiger partial charge in [0.05, 0.1) is 25.4 Å². The van der Waals surface area contributed by atoms with Crippen LogP contribution >= 0.6 is 0 Å². The van der Waals surface area contributed by atoms with Crippen molar-refractivity contribution in [2.24, 2.45) is 0 Å². The molecular formula is C70H131NO5. The van der Waals surface area contributed by atoms with Gasteiger partial charge in [0.15, 0.2) is 0 Å². The summed E-state index contributed by atoms with van der Waals surface area (Å²) in [4.78, 5) is 24.5. The molecule has 1 amide bonds. The average molecular weight is 1070 g/mol. The minimum Gasteiger partial charge on any atom is -0.466 e. The van der Waals surface area contributed by atoms with E-state index in [4.69, 9.17) is 4.74 Å². The number of ether oxygens (including phenoxy) is 1. The van der Waals surface area contributed by atoms with Gasteiger partial charge in [0.1, 0.15) is 0 Å². The number of nitrogens with one attached hydrogen (secondary N) is 1.